The molecule has 60 valence electrons. The van der Waals surface area contributed by atoms with E-state index in [9.17, 15) is 9.59 Å². The monoisotopic (exact) mass is 156 g/mol. The molecule has 0 radical (unpaired) electrons. The Morgan fingerprint density at radius 3 is 2.82 bits per heavy atom. The molecule has 0 atom stereocenters. The molecule has 0 fully saturated rings. The summed E-state index contributed by atoms with van der Waals surface area (Å²) in [5, 5.41) is 13.1. The summed E-state index contributed by atoms with van der Waals surface area (Å²) in [6.45, 7) is 0. The molecule has 0 saturated carbocycles. The molecule has 0 unspecified atom stereocenters. The lowest BCUT2D eigenvalue weighted by molar-refractivity contribution is -0.136. The Bertz CT molecular complexity index is 299. The van der Waals surface area contributed by atoms with Crippen molar-refractivity contribution in [1.29, 1.82) is 0 Å². The minimum absolute atomic E-state index is 0.0130. The van der Waals surface area contributed by atoms with Crippen LogP contribution in [0, 0.1) is 0 Å². The molecular weight excluding hydrogens is 148 g/mol. The maximum absolute atomic E-state index is 10.8. The average molecular weight is 156 g/mol. The van der Waals surface area contributed by atoms with Crippen molar-refractivity contribution in [2.24, 2.45) is 0 Å². The van der Waals surface area contributed by atoms with Crippen LogP contribution >= 0.6 is 0 Å². The van der Waals surface area contributed by atoms with Gasteiger partial charge in [-0.15, -0.1) is 0 Å². The van der Waals surface area contributed by atoms with Crippen LogP contribution in [0.5, 0.6) is 0 Å². The number of nitrogens with one attached hydrogen (secondary N) is 2. The predicted octanol–water partition coefficient (Wildman–Crippen LogP) is -0.280. The quantitative estimate of drug-likeness (QED) is 0.562. The molecule has 5 heteroatoms. The highest BCUT2D eigenvalue weighted by Crippen LogP contribution is 1.92. The molecule has 0 bridgehead atoms. The maximum Gasteiger partial charge on any atom is 0.303 e. The first-order valence-corrected chi connectivity index (χ1v) is 3.17. The first-order valence-electron chi connectivity index (χ1n) is 3.17. The molecule has 0 aliphatic rings. The Morgan fingerprint density at radius 1 is 1.64 bits per heavy atom. The molecule has 1 aromatic rings. The lowest BCUT2D eigenvalue weighted by Crippen LogP contribution is -2.07. The second-order valence-corrected chi connectivity index (χ2v) is 2.16. The highest BCUT2D eigenvalue weighted by molar-refractivity contribution is 5.66. The summed E-state index contributed by atoms with van der Waals surface area (Å²) in [5.74, 6) is -0.898. The Morgan fingerprint density at radius 2 is 2.36 bits per heavy atom. The van der Waals surface area contributed by atoms with Crippen LogP contribution in [0.2, 0.25) is 0 Å². The van der Waals surface area contributed by atoms with Gasteiger partial charge in [0.1, 0.15) is 0 Å². The third-order valence-electron chi connectivity index (χ3n) is 1.33. The van der Waals surface area contributed by atoms with Gasteiger partial charge in [0.15, 0.2) is 0 Å². The summed E-state index contributed by atoms with van der Waals surface area (Å²) in [7, 11) is 0. The number of rotatable bonds is 3. The first-order chi connectivity index (χ1) is 5.20. The third kappa shape index (κ3) is 1.96. The van der Waals surface area contributed by atoms with E-state index in [4.69, 9.17) is 5.11 Å². The summed E-state index contributed by atoms with van der Waals surface area (Å²) < 4.78 is 0. The van der Waals surface area contributed by atoms with Gasteiger partial charge in [-0.3, -0.25) is 14.7 Å². The maximum atomic E-state index is 10.8. The SMILES string of the molecule is O=C(O)CCc1c[nH][nH]c1=O. The van der Waals surface area contributed by atoms with E-state index in [2.05, 4.69) is 10.2 Å². The van der Waals surface area contributed by atoms with E-state index in [-0.39, 0.29) is 18.4 Å². The zero-order chi connectivity index (χ0) is 8.27. The summed E-state index contributed by atoms with van der Waals surface area (Å²) >= 11 is 0. The van der Waals surface area contributed by atoms with Crippen molar-refractivity contribution >= 4 is 5.97 Å². The second-order valence-electron chi connectivity index (χ2n) is 2.16. The lowest BCUT2D eigenvalue weighted by atomic mass is 10.2. The Kier molecular flexibility index (Phi) is 2.10. The topological polar surface area (TPSA) is 85.9 Å². The van der Waals surface area contributed by atoms with Crippen molar-refractivity contribution in [3.63, 3.8) is 0 Å². The van der Waals surface area contributed by atoms with Gasteiger partial charge >= 0.3 is 5.97 Å². The molecule has 0 saturated heterocycles. The Hall–Kier alpha value is -1.52. The fourth-order valence-corrected chi connectivity index (χ4v) is 0.762. The van der Waals surface area contributed by atoms with Gasteiger partial charge in [0.25, 0.3) is 5.56 Å². The number of aryl methyl sites for hydroxylation is 1. The van der Waals surface area contributed by atoms with Gasteiger partial charge < -0.3 is 10.2 Å². The molecule has 1 aromatic heterocycles. The zero-order valence-corrected chi connectivity index (χ0v) is 5.76. The van der Waals surface area contributed by atoms with Crippen LogP contribution in [-0.4, -0.2) is 21.3 Å². The lowest BCUT2D eigenvalue weighted by Gasteiger charge is -1.88. The van der Waals surface area contributed by atoms with Crippen molar-refractivity contribution in [2.45, 2.75) is 12.8 Å². The minimum atomic E-state index is -0.898. The largest absolute Gasteiger partial charge is 0.481 e. The fraction of sp³-hybridized carbons (Fsp3) is 0.333. The highest BCUT2D eigenvalue weighted by Gasteiger charge is 2.02. The number of carboxylic acid groups (broad SMARTS) is 1. The molecule has 0 aliphatic heterocycles. The number of aromatic nitrogens is 2. The smallest absolute Gasteiger partial charge is 0.303 e. The van der Waals surface area contributed by atoms with E-state index < -0.39 is 5.97 Å². The molecule has 3 N–H and O–H groups in total. The van der Waals surface area contributed by atoms with Gasteiger partial charge in [-0.25, -0.2) is 0 Å². The highest BCUT2D eigenvalue weighted by atomic mass is 16.4. The zero-order valence-electron chi connectivity index (χ0n) is 5.76. The van der Waals surface area contributed by atoms with E-state index in [0.29, 0.717) is 5.56 Å². The summed E-state index contributed by atoms with van der Waals surface area (Å²) in [4.78, 5) is 20.8. The van der Waals surface area contributed by atoms with E-state index in [1.54, 1.807) is 0 Å². The number of H-pyrrole nitrogens is 2. The van der Waals surface area contributed by atoms with Crippen molar-refractivity contribution in [2.75, 3.05) is 0 Å². The van der Waals surface area contributed by atoms with Crippen LogP contribution in [0.15, 0.2) is 11.0 Å². The Labute approximate surface area is 62.0 Å². The van der Waals surface area contributed by atoms with Crippen molar-refractivity contribution in [3.8, 4) is 0 Å². The number of carboxylic acids is 1. The number of aliphatic carboxylic acids is 1. The van der Waals surface area contributed by atoms with Gasteiger partial charge in [0, 0.05) is 18.2 Å². The summed E-state index contributed by atoms with van der Waals surface area (Å²) in [6.07, 6.45) is 1.74. The van der Waals surface area contributed by atoms with Gasteiger partial charge in [0.05, 0.1) is 0 Å². The molecular formula is C6H8N2O3. The number of aromatic amines is 2. The van der Waals surface area contributed by atoms with E-state index in [1.165, 1.54) is 6.20 Å². The number of hydrogen-bond donors (Lipinski definition) is 3. The summed E-state index contributed by atoms with van der Waals surface area (Å²) in [6, 6.07) is 0. The summed E-state index contributed by atoms with van der Waals surface area (Å²) in [5.41, 5.74) is 0.235. The number of hydrogen-bond acceptors (Lipinski definition) is 2. The van der Waals surface area contributed by atoms with Crippen molar-refractivity contribution in [1.82, 2.24) is 10.2 Å². The van der Waals surface area contributed by atoms with Gasteiger partial charge in [-0.1, -0.05) is 0 Å². The molecule has 1 heterocycles. The number of carbonyl (C=O) groups is 1. The van der Waals surface area contributed by atoms with Crippen LogP contribution < -0.4 is 5.56 Å². The molecule has 5 nitrogen and oxygen atoms in total. The Balaban J connectivity index is 2.58. The normalized spacial score (nSPS) is 9.82. The molecule has 0 aromatic carbocycles. The van der Waals surface area contributed by atoms with Crippen LogP contribution in [0.3, 0.4) is 0 Å². The first kappa shape index (κ1) is 7.59. The molecule has 0 amide bonds. The molecule has 11 heavy (non-hydrogen) atoms. The van der Waals surface area contributed by atoms with E-state index in [0.717, 1.165) is 0 Å². The van der Waals surface area contributed by atoms with Gasteiger partial charge in [-0.2, -0.15) is 0 Å². The fourth-order valence-electron chi connectivity index (χ4n) is 0.762. The predicted molar refractivity (Wildman–Crippen MR) is 37.4 cm³/mol. The van der Waals surface area contributed by atoms with Crippen LogP contribution in [0.1, 0.15) is 12.0 Å². The van der Waals surface area contributed by atoms with Gasteiger partial charge in [0.2, 0.25) is 0 Å². The van der Waals surface area contributed by atoms with Crippen LogP contribution in [0.4, 0.5) is 0 Å². The van der Waals surface area contributed by atoms with Crippen LogP contribution in [0.25, 0.3) is 0 Å². The van der Waals surface area contributed by atoms with E-state index in [1.807, 2.05) is 0 Å². The molecule has 0 spiro atoms. The van der Waals surface area contributed by atoms with Crippen molar-refractivity contribution < 1.29 is 9.90 Å². The minimum Gasteiger partial charge on any atom is -0.481 e. The molecule has 0 aliphatic carbocycles. The van der Waals surface area contributed by atoms with Gasteiger partial charge in [-0.05, 0) is 6.42 Å². The van der Waals surface area contributed by atoms with Crippen LogP contribution in [-0.2, 0) is 11.2 Å². The van der Waals surface area contributed by atoms with E-state index >= 15 is 0 Å². The molecule has 1 rings (SSSR count). The standard InChI is InChI=1S/C6H8N2O3/c9-5(10)2-1-4-3-7-8-6(4)11/h3H,1-2H2,(H,9,10)(H2,7,8,11). The third-order valence-corrected chi connectivity index (χ3v) is 1.33. The van der Waals surface area contributed by atoms with Crippen molar-refractivity contribution in [3.05, 3.63) is 22.1 Å². The second kappa shape index (κ2) is 3.05. The average Bonchev–Trinajstić information content (AvgIpc) is 2.31.